The van der Waals surface area contributed by atoms with Crippen molar-refractivity contribution in [3.8, 4) is 0 Å². The van der Waals surface area contributed by atoms with E-state index in [0.717, 1.165) is 13.0 Å². The van der Waals surface area contributed by atoms with Crippen LogP contribution in [0.4, 0.5) is 0 Å². The summed E-state index contributed by atoms with van der Waals surface area (Å²) in [5.41, 5.74) is -0.256. The molecule has 0 radical (unpaired) electrons. The van der Waals surface area contributed by atoms with E-state index in [0.29, 0.717) is 12.5 Å². The van der Waals surface area contributed by atoms with Crippen LogP contribution in [0.15, 0.2) is 0 Å². The third-order valence-corrected chi connectivity index (χ3v) is 2.91. The van der Waals surface area contributed by atoms with Crippen LogP contribution in [0.1, 0.15) is 26.2 Å². The lowest BCUT2D eigenvalue weighted by molar-refractivity contribution is -0.147. The van der Waals surface area contributed by atoms with E-state index < -0.39 is 0 Å². The van der Waals surface area contributed by atoms with Gasteiger partial charge in [-0.05, 0) is 38.6 Å². The first-order valence-corrected chi connectivity index (χ1v) is 4.72. The molecule has 0 aromatic rings. The first-order valence-electron chi connectivity index (χ1n) is 4.72. The summed E-state index contributed by atoms with van der Waals surface area (Å²) in [4.78, 5) is 11.5. The third kappa shape index (κ3) is 1.67. The number of piperidine rings is 1. The van der Waals surface area contributed by atoms with E-state index in [1.807, 2.05) is 6.92 Å². The van der Waals surface area contributed by atoms with Crippen LogP contribution in [-0.4, -0.2) is 24.7 Å². The Morgan fingerprint density at radius 1 is 1.69 bits per heavy atom. The number of esters is 1. The van der Waals surface area contributed by atoms with Gasteiger partial charge in [0.15, 0.2) is 0 Å². The Morgan fingerprint density at radius 3 is 3.08 bits per heavy atom. The van der Waals surface area contributed by atoms with E-state index >= 15 is 0 Å². The molecule has 4 heteroatoms. The van der Waals surface area contributed by atoms with Crippen molar-refractivity contribution >= 4 is 18.4 Å². The van der Waals surface area contributed by atoms with Crippen molar-refractivity contribution in [2.24, 2.45) is 5.92 Å². The number of carbonyl (C=O) groups excluding carboxylic acids is 1. The molecule has 0 aromatic heterocycles. The summed E-state index contributed by atoms with van der Waals surface area (Å²) in [5.74, 6) is 0.528. The molecule has 13 heavy (non-hydrogen) atoms. The van der Waals surface area contributed by atoms with Crippen LogP contribution >= 0.6 is 12.4 Å². The van der Waals surface area contributed by atoms with E-state index in [1.54, 1.807) is 0 Å². The smallest absolute Gasteiger partial charge is 0.326 e. The molecule has 1 saturated heterocycles. The maximum Gasteiger partial charge on any atom is 0.326 e. The number of carbonyl (C=O) groups is 1. The zero-order valence-corrected chi connectivity index (χ0v) is 8.65. The van der Waals surface area contributed by atoms with Gasteiger partial charge in [0.2, 0.25) is 0 Å². The van der Waals surface area contributed by atoms with Crippen molar-refractivity contribution in [3.63, 3.8) is 0 Å². The lowest BCUT2D eigenvalue weighted by atomic mass is 10.1. The standard InChI is InChI=1S/C9H15NO2.ClH/c1-2-12-8(11)9-6-7(9)4-3-5-10-9;/h7,10H,2-6H2,1H3;1H. The summed E-state index contributed by atoms with van der Waals surface area (Å²) in [6, 6.07) is 0. The molecule has 1 saturated carbocycles. The summed E-state index contributed by atoms with van der Waals surface area (Å²) in [7, 11) is 0. The monoisotopic (exact) mass is 205 g/mol. The fourth-order valence-corrected chi connectivity index (χ4v) is 2.14. The second-order valence-electron chi connectivity index (χ2n) is 3.66. The molecule has 3 nitrogen and oxygen atoms in total. The van der Waals surface area contributed by atoms with Gasteiger partial charge in [-0.25, -0.2) is 0 Å². The number of halogens is 1. The van der Waals surface area contributed by atoms with Gasteiger partial charge in [-0.2, -0.15) is 0 Å². The molecule has 2 aliphatic rings. The minimum absolute atomic E-state index is 0. The molecule has 2 rings (SSSR count). The highest BCUT2D eigenvalue weighted by Gasteiger charge is 2.61. The van der Waals surface area contributed by atoms with Crippen molar-refractivity contribution < 1.29 is 9.53 Å². The second-order valence-corrected chi connectivity index (χ2v) is 3.66. The van der Waals surface area contributed by atoms with Crippen molar-refractivity contribution in [1.82, 2.24) is 5.32 Å². The van der Waals surface area contributed by atoms with Crippen LogP contribution in [0.5, 0.6) is 0 Å². The molecular weight excluding hydrogens is 190 g/mol. The first kappa shape index (κ1) is 10.8. The molecule has 0 bridgehead atoms. The van der Waals surface area contributed by atoms with Gasteiger partial charge in [0, 0.05) is 0 Å². The number of hydrogen-bond donors (Lipinski definition) is 1. The van der Waals surface area contributed by atoms with Crippen molar-refractivity contribution in [1.29, 1.82) is 0 Å². The largest absolute Gasteiger partial charge is 0.465 e. The van der Waals surface area contributed by atoms with Gasteiger partial charge in [-0.1, -0.05) is 0 Å². The van der Waals surface area contributed by atoms with E-state index in [4.69, 9.17) is 4.74 Å². The average Bonchev–Trinajstić information content (AvgIpc) is 2.79. The Bertz CT molecular complexity index is 210. The Morgan fingerprint density at radius 2 is 2.46 bits per heavy atom. The Balaban J connectivity index is 0.000000845. The van der Waals surface area contributed by atoms with Gasteiger partial charge in [-0.3, -0.25) is 4.79 Å². The maximum absolute atomic E-state index is 11.5. The van der Waals surface area contributed by atoms with Crippen molar-refractivity contribution in [3.05, 3.63) is 0 Å². The highest BCUT2D eigenvalue weighted by atomic mass is 35.5. The highest BCUT2D eigenvalue weighted by molar-refractivity contribution is 5.85. The molecule has 2 fully saturated rings. The SMILES string of the molecule is CCOC(=O)C12CC1CCCN2.Cl. The molecule has 0 aromatic carbocycles. The molecule has 1 aliphatic heterocycles. The van der Waals surface area contributed by atoms with Gasteiger partial charge in [-0.15, -0.1) is 12.4 Å². The van der Waals surface area contributed by atoms with Crippen LogP contribution < -0.4 is 5.32 Å². The summed E-state index contributed by atoms with van der Waals surface area (Å²) >= 11 is 0. The molecule has 2 unspecified atom stereocenters. The first-order chi connectivity index (χ1) is 5.79. The zero-order valence-electron chi connectivity index (χ0n) is 7.84. The van der Waals surface area contributed by atoms with E-state index in [-0.39, 0.29) is 23.9 Å². The van der Waals surface area contributed by atoms with Gasteiger partial charge >= 0.3 is 5.97 Å². The summed E-state index contributed by atoms with van der Waals surface area (Å²) in [6.45, 7) is 3.32. The Labute approximate surface area is 84.6 Å². The number of nitrogens with one attached hydrogen (secondary N) is 1. The third-order valence-electron chi connectivity index (χ3n) is 2.91. The van der Waals surface area contributed by atoms with Crippen LogP contribution in [-0.2, 0) is 9.53 Å². The lowest BCUT2D eigenvalue weighted by Gasteiger charge is -2.21. The fourth-order valence-electron chi connectivity index (χ4n) is 2.14. The zero-order chi connectivity index (χ0) is 8.60. The van der Waals surface area contributed by atoms with Crippen LogP contribution in [0.2, 0.25) is 0 Å². The quantitative estimate of drug-likeness (QED) is 0.687. The van der Waals surface area contributed by atoms with Crippen LogP contribution in [0, 0.1) is 5.92 Å². The Kier molecular flexibility index (Phi) is 3.19. The minimum atomic E-state index is -0.256. The van der Waals surface area contributed by atoms with E-state index in [9.17, 15) is 4.79 Å². The van der Waals surface area contributed by atoms with Crippen LogP contribution in [0.25, 0.3) is 0 Å². The predicted octanol–water partition coefficient (Wildman–Crippen LogP) is 1.11. The number of fused-ring (bicyclic) bond motifs is 1. The molecule has 1 aliphatic carbocycles. The number of hydrogen-bond acceptors (Lipinski definition) is 3. The number of ether oxygens (including phenoxy) is 1. The van der Waals surface area contributed by atoms with Gasteiger partial charge in [0.1, 0.15) is 5.54 Å². The summed E-state index contributed by atoms with van der Waals surface area (Å²) in [6.07, 6.45) is 3.38. The van der Waals surface area contributed by atoms with Crippen molar-refractivity contribution in [2.75, 3.05) is 13.2 Å². The van der Waals surface area contributed by atoms with E-state index in [2.05, 4.69) is 5.32 Å². The average molecular weight is 206 g/mol. The molecule has 1 heterocycles. The minimum Gasteiger partial charge on any atom is -0.465 e. The predicted molar refractivity (Wildman–Crippen MR) is 52.0 cm³/mol. The van der Waals surface area contributed by atoms with Crippen LogP contribution in [0.3, 0.4) is 0 Å². The number of rotatable bonds is 2. The molecule has 0 spiro atoms. The summed E-state index contributed by atoms with van der Waals surface area (Å²) in [5, 5.41) is 3.28. The van der Waals surface area contributed by atoms with E-state index in [1.165, 1.54) is 12.8 Å². The molecule has 76 valence electrons. The lowest BCUT2D eigenvalue weighted by Crippen LogP contribution is -2.45. The fraction of sp³-hybridized carbons (Fsp3) is 0.889. The summed E-state index contributed by atoms with van der Waals surface area (Å²) < 4.78 is 5.02. The Hall–Kier alpha value is -0.280. The molecule has 2 atom stereocenters. The van der Waals surface area contributed by atoms with Gasteiger partial charge < -0.3 is 10.1 Å². The maximum atomic E-state index is 11.5. The second kappa shape index (κ2) is 3.84. The van der Waals surface area contributed by atoms with Gasteiger partial charge in [0.25, 0.3) is 0 Å². The van der Waals surface area contributed by atoms with Crippen molar-refractivity contribution in [2.45, 2.75) is 31.7 Å². The molecule has 0 amide bonds. The molecule has 1 N–H and O–H groups in total. The topological polar surface area (TPSA) is 38.3 Å². The van der Waals surface area contributed by atoms with Gasteiger partial charge in [0.05, 0.1) is 6.61 Å². The molecular formula is C9H16ClNO2. The highest BCUT2D eigenvalue weighted by Crippen LogP contribution is 2.49. The normalized spacial score (nSPS) is 35.6.